The molecule has 0 atom stereocenters. The zero-order valence-corrected chi connectivity index (χ0v) is 6.21. The van der Waals surface area contributed by atoms with Gasteiger partial charge in [0.1, 0.15) is 5.76 Å². The lowest BCUT2D eigenvalue weighted by atomic mass is 10.5. The number of oxazole rings is 1. The molecule has 1 rings (SSSR count). The second-order valence-electron chi connectivity index (χ2n) is 2.07. The smallest absolute Gasteiger partial charge is 0.410 e. The summed E-state index contributed by atoms with van der Waals surface area (Å²) in [5, 5.41) is 10.4. The maximum Gasteiger partial charge on any atom is 0.410 e. The molecule has 1 amide bonds. The van der Waals surface area contributed by atoms with E-state index in [1.165, 1.54) is 0 Å². The summed E-state index contributed by atoms with van der Waals surface area (Å²) in [5.41, 5.74) is 0. The van der Waals surface area contributed by atoms with Crippen LogP contribution in [0.4, 0.5) is 10.6 Å². The molecule has 0 saturated carbocycles. The molecule has 0 bridgehead atoms. The van der Waals surface area contributed by atoms with Crippen molar-refractivity contribution in [2.75, 3.05) is 5.32 Å². The van der Waals surface area contributed by atoms with E-state index in [4.69, 9.17) is 9.52 Å². The Morgan fingerprint density at radius 3 is 2.64 bits per heavy atom. The van der Waals surface area contributed by atoms with Crippen molar-refractivity contribution in [1.82, 2.24) is 4.98 Å². The SMILES string of the molecule is Cc1nc(NC(=O)O)c(C)o1. The molecule has 0 aliphatic heterocycles. The molecule has 0 fully saturated rings. The summed E-state index contributed by atoms with van der Waals surface area (Å²) in [6.07, 6.45) is -1.14. The highest BCUT2D eigenvalue weighted by Crippen LogP contribution is 2.13. The third kappa shape index (κ3) is 1.70. The summed E-state index contributed by atoms with van der Waals surface area (Å²) >= 11 is 0. The van der Waals surface area contributed by atoms with Crippen molar-refractivity contribution in [3.05, 3.63) is 11.7 Å². The summed E-state index contributed by atoms with van der Waals surface area (Å²) in [7, 11) is 0. The Balaban J connectivity index is 2.85. The van der Waals surface area contributed by atoms with Gasteiger partial charge < -0.3 is 9.52 Å². The zero-order chi connectivity index (χ0) is 8.43. The van der Waals surface area contributed by atoms with Crippen LogP contribution in [0, 0.1) is 13.8 Å². The fourth-order valence-electron chi connectivity index (χ4n) is 0.746. The Bertz CT molecular complexity index is 279. The van der Waals surface area contributed by atoms with Crippen LogP contribution in [-0.4, -0.2) is 16.2 Å². The Morgan fingerprint density at radius 1 is 1.64 bits per heavy atom. The standard InChI is InChI=1S/C6H8N2O3/c1-3-5(8-6(9)10)7-4(2)11-3/h8H,1-2H3,(H,9,10). The Kier molecular flexibility index (Phi) is 1.80. The molecule has 0 unspecified atom stereocenters. The molecule has 11 heavy (non-hydrogen) atoms. The maximum absolute atomic E-state index is 10.1. The lowest BCUT2D eigenvalue weighted by molar-refractivity contribution is 0.209. The third-order valence-corrected chi connectivity index (χ3v) is 1.13. The number of hydrogen-bond acceptors (Lipinski definition) is 3. The van der Waals surface area contributed by atoms with Gasteiger partial charge in [0, 0.05) is 6.92 Å². The summed E-state index contributed by atoms with van der Waals surface area (Å²) < 4.78 is 4.98. The van der Waals surface area contributed by atoms with Gasteiger partial charge in [-0.25, -0.2) is 4.79 Å². The van der Waals surface area contributed by atoms with Crippen molar-refractivity contribution >= 4 is 11.9 Å². The number of nitrogens with zero attached hydrogens (tertiary/aromatic N) is 1. The van der Waals surface area contributed by atoms with Crippen molar-refractivity contribution in [2.45, 2.75) is 13.8 Å². The number of hydrogen-bond donors (Lipinski definition) is 2. The predicted molar refractivity (Wildman–Crippen MR) is 37.6 cm³/mol. The van der Waals surface area contributed by atoms with Gasteiger partial charge in [-0.2, -0.15) is 4.98 Å². The van der Waals surface area contributed by atoms with E-state index in [0.29, 0.717) is 11.7 Å². The summed E-state index contributed by atoms with van der Waals surface area (Å²) in [6, 6.07) is 0. The molecule has 5 heteroatoms. The minimum Gasteiger partial charge on any atom is -0.465 e. The van der Waals surface area contributed by atoms with Crippen LogP contribution in [0.15, 0.2) is 4.42 Å². The Morgan fingerprint density at radius 2 is 2.27 bits per heavy atom. The number of aryl methyl sites for hydroxylation is 2. The average molecular weight is 156 g/mol. The van der Waals surface area contributed by atoms with Gasteiger partial charge in [-0.05, 0) is 6.92 Å². The summed E-state index contributed by atoms with van der Waals surface area (Å²) in [6.45, 7) is 3.30. The first-order valence-electron chi connectivity index (χ1n) is 3.03. The van der Waals surface area contributed by atoms with Gasteiger partial charge >= 0.3 is 6.09 Å². The fourth-order valence-corrected chi connectivity index (χ4v) is 0.746. The van der Waals surface area contributed by atoms with Crippen molar-refractivity contribution in [3.8, 4) is 0 Å². The van der Waals surface area contributed by atoms with Gasteiger partial charge in [-0.15, -0.1) is 0 Å². The normalized spacial score (nSPS) is 9.64. The van der Waals surface area contributed by atoms with E-state index < -0.39 is 6.09 Å². The average Bonchev–Trinajstić information content (AvgIpc) is 2.09. The first kappa shape index (κ1) is 7.59. The molecule has 1 aromatic heterocycles. The molecule has 0 aliphatic rings. The first-order valence-corrected chi connectivity index (χ1v) is 3.03. The van der Waals surface area contributed by atoms with E-state index in [1.807, 2.05) is 0 Å². The quantitative estimate of drug-likeness (QED) is 0.644. The lowest BCUT2D eigenvalue weighted by Crippen LogP contribution is -2.08. The number of nitrogens with one attached hydrogen (secondary N) is 1. The van der Waals surface area contributed by atoms with Gasteiger partial charge in [0.05, 0.1) is 0 Å². The van der Waals surface area contributed by atoms with Gasteiger partial charge in [0.2, 0.25) is 0 Å². The molecular formula is C6H8N2O3. The fraction of sp³-hybridized carbons (Fsp3) is 0.333. The van der Waals surface area contributed by atoms with Gasteiger partial charge in [-0.1, -0.05) is 0 Å². The van der Waals surface area contributed by atoms with Crippen LogP contribution in [-0.2, 0) is 0 Å². The second kappa shape index (κ2) is 2.61. The van der Waals surface area contributed by atoms with Crippen molar-refractivity contribution in [2.24, 2.45) is 0 Å². The van der Waals surface area contributed by atoms with Crippen LogP contribution in [0.5, 0.6) is 0 Å². The molecule has 0 aromatic carbocycles. The molecule has 1 heterocycles. The van der Waals surface area contributed by atoms with E-state index in [2.05, 4.69) is 10.3 Å². The Hall–Kier alpha value is -1.52. The first-order chi connectivity index (χ1) is 5.09. The predicted octanol–water partition coefficient (Wildman–Crippen LogP) is 1.38. The van der Waals surface area contributed by atoms with Gasteiger partial charge in [0.25, 0.3) is 0 Å². The monoisotopic (exact) mass is 156 g/mol. The zero-order valence-electron chi connectivity index (χ0n) is 6.21. The molecule has 0 spiro atoms. The van der Waals surface area contributed by atoms with Crippen LogP contribution in [0.25, 0.3) is 0 Å². The van der Waals surface area contributed by atoms with Crippen LogP contribution in [0.1, 0.15) is 11.7 Å². The number of carboxylic acid groups (broad SMARTS) is 1. The van der Waals surface area contributed by atoms with Crippen LogP contribution in [0.2, 0.25) is 0 Å². The molecule has 0 radical (unpaired) electrons. The second-order valence-corrected chi connectivity index (χ2v) is 2.07. The van der Waals surface area contributed by atoms with Gasteiger partial charge in [0.15, 0.2) is 11.7 Å². The van der Waals surface area contributed by atoms with Crippen molar-refractivity contribution < 1.29 is 14.3 Å². The van der Waals surface area contributed by atoms with Crippen LogP contribution in [0.3, 0.4) is 0 Å². The third-order valence-electron chi connectivity index (χ3n) is 1.13. The minimum atomic E-state index is -1.14. The van der Waals surface area contributed by atoms with Crippen molar-refractivity contribution in [3.63, 3.8) is 0 Å². The van der Waals surface area contributed by atoms with E-state index in [0.717, 1.165) is 0 Å². The highest BCUT2D eigenvalue weighted by atomic mass is 16.4. The molecule has 5 nitrogen and oxygen atoms in total. The highest BCUT2D eigenvalue weighted by molar-refractivity contribution is 5.81. The number of amides is 1. The molecule has 0 aliphatic carbocycles. The topological polar surface area (TPSA) is 75.4 Å². The highest BCUT2D eigenvalue weighted by Gasteiger charge is 2.07. The summed E-state index contributed by atoms with van der Waals surface area (Å²) in [4.78, 5) is 13.9. The largest absolute Gasteiger partial charge is 0.465 e. The summed E-state index contributed by atoms with van der Waals surface area (Å²) in [5.74, 6) is 1.19. The van der Waals surface area contributed by atoms with Crippen LogP contribution < -0.4 is 5.32 Å². The number of aromatic nitrogens is 1. The molecule has 1 aromatic rings. The number of carbonyl (C=O) groups is 1. The Labute approximate surface area is 63.0 Å². The molecule has 60 valence electrons. The minimum absolute atomic E-state index is 0.259. The van der Waals surface area contributed by atoms with Crippen LogP contribution >= 0.6 is 0 Å². The van der Waals surface area contributed by atoms with E-state index in [1.54, 1.807) is 13.8 Å². The number of anilines is 1. The van der Waals surface area contributed by atoms with Gasteiger partial charge in [-0.3, -0.25) is 5.32 Å². The van der Waals surface area contributed by atoms with E-state index in [9.17, 15) is 4.79 Å². The molecule has 0 saturated heterocycles. The van der Waals surface area contributed by atoms with Crippen molar-refractivity contribution in [1.29, 1.82) is 0 Å². The van der Waals surface area contributed by atoms with E-state index in [-0.39, 0.29) is 5.82 Å². The molecule has 2 N–H and O–H groups in total. The lowest BCUT2D eigenvalue weighted by Gasteiger charge is -1.92. The van der Waals surface area contributed by atoms with E-state index >= 15 is 0 Å². The molecular weight excluding hydrogens is 148 g/mol. The maximum atomic E-state index is 10.1. The number of rotatable bonds is 1.